The Morgan fingerprint density at radius 2 is 2.64 bits per heavy atom. The molecule has 3 nitrogen and oxygen atoms in total. The van der Waals surface area contributed by atoms with Gasteiger partial charge in [-0.3, -0.25) is 4.90 Å². The van der Waals surface area contributed by atoms with E-state index >= 15 is 0 Å². The van der Waals surface area contributed by atoms with Gasteiger partial charge in [-0.05, 0) is 19.5 Å². The first kappa shape index (κ1) is 8.71. The van der Waals surface area contributed by atoms with E-state index in [1.807, 2.05) is 11.9 Å². The molecule has 1 fully saturated rings. The van der Waals surface area contributed by atoms with Gasteiger partial charge in [0.25, 0.3) is 0 Å². The van der Waals surface area contributed by atoms with Crippen LogP contribution in [-0.4, -0.2) is 42.4 Å². The van der Waals surface area contributed by atoms with E-state index in [2.05, 4.69) is 11.9 Å². The SMILES string of the molecule is C=CC(O)N1CCC1CNC. The number of aliphatic hydroxyl groups is 1. The van der Waals surface area contributed by atoms with E-state index in [1.165, 1.54) is 6.42 Å². The van der Waals surface area contributed by atoms with Crippen molar-refractivity contribution in [3.8, 4) is 0 Å². The van der Waals surface area contributed by atoms with Crippen LogP contribution in [0.4, 0.5) is 0 Å². The molecule has 0 radical (unpaired) electrons. The van der Waals surface area contributed by atoms with Gasteiger partial charge in [0.1, 0.15) is 6.23 Å². The van der Waals surface area contributed by atoms with Gasteiger partial charge in [-0.25, -0.2) is 0 Å². The van der Waals surface area contributed by atoms with Crippen LogP contribution in [0.3, 0.4) is 0 Å². The van der Waals surface area contributed by atoms with Gasteiger partial charge in [-0.2, -0.15) is 0 Å². The summed E-state index contributed by atoms with van der Waals surface area (Å²) in [5, 5.41) is 12.4. The maximum absolute atomic E-state index is 9.35. The molecule has 1 aliphatic heterocycles. The molecule has 0 bridgehead atoms. The van der Waals surface area contributed by atoms with E-state index in [0.717, 1.165) is 13.1 Å². The first-order valence-corrected chi connectivity index (χ1v) is 4.00. The minimum Gasteiger partial charge on any atom is -0.375 e. The molecular weight excluding hydrogens is 140 g/mol. The van der Waals surface area contributed by atoms with E-state index in [9.17, 15) is 5.11 Å². The lowest BCUT2D eigenvalue weighted by molar-refractivity contribution is -0.0446. The third-order valence-corrected chi connectivity index (χ3v) is 2.18. The van der Waals surface area contributed by atoms with E-state index in [-0.39, 0.29) is 0 Å². The van der Waals surface area contributed by atoms with Crippen molar-refractivity contribution >= 4 is 0 Å². The first-order valence-electron chi connectivity index (χ1n) is 4.00. The van der Waals surface area contributed by atoms with Crippen molar-refractivity contribution in [2.24, 2.45) is 0 Å². The van der Waals surface area contributed by atoms with Gasteiger partial charge in [0, 0.05) is 19.1 Å². The molecule has 2 N–H and O–H groups in total. The molecule has 0 spiro atoms. The Labute approximate surface area is 67.7 Å². The minimum absolute atomic E-state index is 0.456. The zero-order valence-electron chi connectivity index (χ0n) is 6.95. The second-order valence-electron chi connectivity index (χ2n) is 2.89. The Morgan fingerprint density at radius 3 is 3.00 bits per heavy atom. The molecule has 1 aliphatic rings. The lowest BCUT2D eigenvalue weighted by Gasteiger charge is -2.42. The highest BCUT2D eigenvalue weighted by Crippen LogP contribution is 2.18. The lowest BCUT2D eigenvalue weighted by atomic mass is 10.0. The molecular formula is C8H16N2O. The van der Waals surface area contributed by atoms with Crippen molar-refractivity contribution in [2.45, 2.75) is 18.7 Å². The molecule has 0 aromatic carbocycles. The van der Waals surface area contributed by atoms with Crippen LogP contribution in [-0.2, 0) is 0 Å². The van der Waals surface area contributed by atoms with Gasteiger partial charge < -0.3 is 10.4 Å². The second kappa shape index (κ2) is 3.85. The molecule has 1 saturated heterocycles. The van der Waals surface area contributed by atoms with Crippen molar-refractivity contribution in [1.29, 1.82) is 0 Å². The fourth-order valence-corrected chi connectivity index (χ4v) is 1.40. The predicted molar refractivity (Wildman–Crippen MR) is 45.2 cm³/mol. The van der Waals surface area contributed by atoms with Gasteiger partial charge in [0.2, 0.25) is 0 Å². The molecule has 64 valence electrons. The van der Waals surface area contributed by atoms with Crippen molar-refractivity contribution in [1.82, 2.24) is 10.2 Å². The highest BCUT2D eigenvalue weighted by atomic mass is 16.3. The molecule has 0 saturated carbocycles. The largest absolute Gasteiger partial charge is 0.375 e. The lowest BCUT2D eigenvalue weighted by Crippen LogP contribution is -2.56. The van der Waals surface area contributed by atoms with Crippen molar-refractivity contribution < 1.29 is 5.11 Å². The first-order chi connectivity index (χ1) is 5.29. The molecule has 2 unspecified atom stereocenters. The number of likely N-dealkylation sites (tertiary alicyclic amines) is 1. The molecule has 1 heterocycles. The van der Waals surface area contributed by atoms with Crippen LogP contribution in [0.1, 0.15) is 6.42 Å². The summed E-state index contributed by atoms with van der Waals surface area (Å²) in [5.41, 5.74) is 0. The van der Waals surface area contributed by atoms with Crippen LogP contribution in [0.2, 0.25) is 0 Å². The Bertz CT molecular complexity index is 138. The van der Waals surface area contributed by atoms with Gasteiger partial charge in [-0.1, -0.05) is 6.58 Å². The summed E-state index contributed by atoms with van der Waals surface area (Å²) in [5.74, 6) is 0. The predicted octanol–water partition coefficient (Wildman–Crippen LogP) is -0.216. The molecule has 1 rings (SSSR count). The third-order valence-electron chi connectivity index (χ3n) is 2.18. The summed E-state index contributed by atoms with van der Waals surface area (Å²) in [7, 11) is 1.93. The fraction of sp³-hybridized carbons (Fsp3) is 0.750. The number of nitrogens with one attached hydrogen (secondary N) is 1. The average Bonchev–Trinajstić information content (AvgIpc) is 1.98. The van der Waals surface area contributed by atoms with Crippen LogP contribution in [0, 0.1) is 0 Å². The number of nitrogens with zero attached hydrogens (tertiary/aromatic N) is 1. The van der Waals surface area contributed by atoms with Crippen molar-refractivity contribution in [3.05, 3.63) is 12.7 Å². The number of likely N-dealkylation sites (N-methyl/N-ethyl adjacent to an activating group) is 1. The van der Waals surface area contributed by atoms with Gasteiger partial charge in [0.15, 0.2) is 0 Å². The van der Waals surface area contributed by atoms with Crippen LogP contribution in [0.5, 0.6) is 0 Å². The number of aliphatic hydroxyl groups excluding tert-OH is 1. The van der Waals surface area contributed by atoms with Crippen molar-refractivity contribution in [2.75, 3.05) is 20.1 Å². The topological polar surface area (TPSA) is 35.5 Å². The molecule has 0 aliphatic carbocycles. The average molecular weight is 156 g/mol. The smallest absolute Gasteiger partial charge is 0.126 e. The molecule has 0 amide bonds. The molecule has 0 aromatic rings. The fourth-order valence-electron chi connectivity index (χ4n) is 1.40. The maximum atomic E-state index is 9.35. The Kier molecular flexibility index (Phi) is 3.05. The minimum atomic E-state index is -0.456. The van der Waals surface area contributed by atoms with E-state index in [0.29, 0.717) is 6.04 Å². The summed E-state index contributed by atoms with van der Waals surface area (Å²) in [6.45, 7) is 5.48. The van der Waals surface area contributed by atoms with Crippen LogP contribution >= 0.6 is 0 Å². The van der Waals surface area contributed by atoms with Gasteiger partial charge in [-0.15, -0.1) is 0 Å². The summed E-state index contributed by atoms with van der Waals surface area (Å²) in [4.78, 5) is 2.03. The molecule has 0 aromatic heterocycles. The summed E-state index contributed by atoms with van der Waals surface area (Å²) < 4.78 is 0. The number of hydrogen-bond acceptors (Lipinski definition) is 3. The summed E-state index contributed by atoms with van der Waals surface area (Å²) >= 11 is 0. The Hall–Kier alpha value is -0.380. The quantitative estimate of drug-likeness (QED) is 0.553. The van der Waals surface area contributed by atoms with E-state index in [1.54, 1.807) is 6.08 Å². The second-order valence-corrected chi connectivity index (χ2v) is 2.89. The highest BCUT2D eigenvalue weighted by Gasteiger charge is 2.30. The van der Waals surface area contributed by atoms with E-state index < -0.39 is 6.23 Å². The number of hydrogen-bond donors (Lipinski definition) is 2. The number of rotatable bonds is 4. The van der Waals surface area contributed by atoms with Gasteiger partial charge >= 0.3 is 0 Å². The van der Waals surface area contributed by atoms with Crippen LogP contribution in [0.25, 0.3) is 0 Å². The zero-order chi connectivity index (χ0) is 8.27. The molecule has 3 heteroatoms. The monoisotopic (exact) mass is 156 g/mol. The zero-order valence-corrected chi connectivity index (χ0v) is 6.95. The third kappa shape index (κ3) is 1.80. The highest BCUT2D eigenvalue weighted by molar-refractivity contribution is 4.91. The van der Waals surface area contributed by atoms with Gasteiger partial charge in [0.05, 0.1) is 0 Å². The summed E-state index contributed by atoms with van der Waals surface area (Å²) in [6, 6.07) is 0.494. The summed E-state index contributed by atoms with van der Waals surface area (Å²) in [6.07, 6.45) is 2.29. The molecule has 11 heavy (non-hydrogen) atoms. The molecule has 2 atom stereocenters. The standard InChI is InChI=1S/C8H16N2O/c1-3-8(11)10-5-4-7(10)6-9-2/h3,7-9,11H,1,4-6H2,2H3. The van der Waals surface area contributed by atoms with E-state index in [4.69, 9.17) is 0 Å². The van der Waals surface area contributed by atoms with Crippen LogP contribution < -0.4 is 5.32 Å². The Balaban J connectivity index is 2.30. The van der Waals surface area contributed by atoms with Crippen molar-refractivity contribution in [3.63, 3.8) is 0 Å². The normalized spacial score (nSPS) is 27.6. The van der Waals surface area contributed by atoms with Crippen LogP contribution in [0.15, 0.2) is 12.7 Å². The Morgan fingerprint density at radius 1 is 1.91 bits per heavy atom. The maximum Gasteiger partial charge on any atom is 0.126 e.